The molecule has 0 saturated carbocycles. The zero-order chi connectivity index (χ0) is 10.7. The van der Waals surface area contributed by atoms with E-state index < -0.39 is 0 Å². The average Bonchev–Trinajstić information content (AvgIpc) is 2.72. The third kappa shape index (κ3) is 2.60. The summed E-state index contributed by atoms with van der Waals surface area (Å²) in [7, 11) is 1.68. The molecule has 3 N–H and O–H groups in total. The summed E-state index contributed by atoms with van der Waals surface area (Å²) in [5.74, 6) is 0.488. The van der Waals surface area contributed by atoms with Crippen molar-refractivity contribution in [1.82, 2.24) is 10.2 Å². The highest BCUT2D eigenvalue weighted by atomic mass is 16.5. The fourth-order valence-corrected chi connectivity index (χ4v) is 2.31. The van der Waals surface area contributed by atoms with Gasteiger partial charge in [0.2, 0.25) is 0 Å². The highest BCUT2D eigenvalue weighted by Crippen LogP contribution is 2.22. The number of rotatable bonds is 2. The number of ether oxygens (including phenoxy) is 1. The molecular formula is C10H20N4O. The maximum Gasteiger partial charge on any atom is 0.188 e. The molecule has 2 aliphatic rings. The van der Waals surface area contributed by atoms with Crippen LogP contribution in [0.15, 0.2) is 4.99 Å². The van der Waals surface area contributed by atoms with E-state index in [2.05, 4.69) is 15.2 Å². The normalized spacial score (nSPS) is 32.7. The lowest BCUT2D eigenvalue weighted by Crippen LogP contribution is -2.50. The Morgan fingerprint density at radius 1 is 1.67 bits per heavy atom. The van der Waals surface area contributed by atoms with Crippen LogP contribution < -0.4 is 11.1 Å². The second kappa shape index (κ2) is 4.81. The molecule has 0 aliphatic carbocycles. The number of morpholine rings is 1. The third-order valence-corrected chi connectivity index (χ3v) is 3.21. The van der Waals surface area contributed by atoms with E-state index in [1.807, 2.05) is 0 Å². The van der Waals surface area contributed by atoms with Gasteiger partial charge in [0.25, 0.3) is 0 Å². The van der Waals surface area contributed by atoms with Gasteiger partial charge < -0.3 is 15.8 Å². The fourth-order valence-electron chi connectivity index (χ4n) is 2.31. The molecule has 2 saturated heterocycles. The predicted octanol–water partition coefficient (Wildman–Crippen LogP) is -0.616. The van der Waals surface area contributed by atoms with Crippen LogP contribution in [0.5, 0.6) is 0 Å². The molecule has 5 heteroatoms. The van der Waals surface area contributed by atoms with Gasteiger partial charge in [0.1, 0.15) is 0 Å². The number of fused-ring (bicyclic) bond motifs is 1. The highest BCUT2D eigenvalue weighted by molar-refractivity contribution is 5.77. The largest absolute Gasteiger partial charge is 0.373 e. The summed E-state index contributed by atoms with van der Waals surface area (Å²) in [6.45, 7) is 3.87. The summed E-state index contributed by atoms with van der Waals surface area (Å²) in [4.78, 5) is 6.38. The van der Waals surface area contributed by atoms with E-state index in [0.29, 0.717) is 12.0 Å². The second-order valence-corrected chi connectivity index (χ2v) is 4.24. The van der Waals surface area contributed by atoms with Crippen molar-refractivity contribution in [3.63, 3.8) is 0 Å². The molecule has 86 valence electrons. The standard InChI is InChI=1S/C10H20N4O/c1-12-10(11)13-5-9-6-14-4-2-3-8(14)7-15-9/h8-9H,2-7H2,1H3,(H3,11,12,13). The third-order valence-electron chi connectivity index (χ3n) is 3.21. The minimum Gasteiger partial charge on any atom is -0.373 e. The molecule has 0 aromatic heterocycles. The Labute approximate surface area is 90.7 Å². The lowest BCUT2D eigenvalue weighted by atomic mass is 10.2. The number of aliphatic imine (C=N–C) groups is 1. The second-order valence-electron chi connectivity index (χ2n) is 4.24. The van der Waals surface area contributed by atoms with Crippen LogP contribution in [-0.2, 0) is 4.74 Å². The molecule has 2 atom stereocenters. The maximum absolute atomic E-state index is 5.77. The molecule has 0 radical (unpaired) electrons. The summed E-state index contributed by atoms with van der Waals surface area (Å²) in [5.41, 5.74) is 5.57. The van der Waals surface area contributed by atoms with Gasteiger partial charge in [-0.2, -0.15) is 0 Å². The van der Waals surface area contributed by atoms with E-state index in [-0.39, 0.29) is 6.10 Å². The first-order valence-electron chi connectivity index (χ1n) is 5.61. The first kappa shape index (κ1) is 10.7. The van der Waals surface area contributed by atoms with E-state index >= 15 is 0 Å². The van der Waals surface area contributed by atoms with Crippen molar-refractivity contribution in [2.24, 2.45) is 10.7 Å². The molecule has 5 nitrogen and oxygen atoms in total. The van der Waals surface area contributed by atoms with Crippen molar-refractivity contribution in [2.45, 2.75) is 25.0 Å². The summed E-state index contributed by atoms with van der Waals surface area (Å²) < 4.78 is 5.77. The van der Waals surface area contributed by atoms with E-state index in [9.17, 15) is 0 Å². The van der Waals surface area contributed by atoms with Crippen LogP contribution in [0.2, 0.25) is 0 Å². The lowest BCUT2D eigenvalue weighted by Gasteiger charge is -2.35. The van der Waals surface area contributed by atoms with Crippen molar-refractivity contribution >= 4 is 5.96 Å². The van der Waals surface area contributed by atoms with E-state index in [1.165, 1.54) is 19.4 Å². The van der Waals surface area contributed by atoms with E-state index in [1.54, 1.807) is 7.05 Å². The quantitative estimate of drug-likeness (QED) is 0.473. The summed E-state index contributed by atoms with van der Waals surface area (Å²) in [6, 6.07) is 0.665. The van der Waals surface area contributed by atoms with Crippen molar-refractivity contribution in [1.29, 1.82) is 0 Å². The molecule has 2 heterocycles. The molecule has 2 unspecified atom stereocenters. The van der Waals surface area contributed by atoms with Gasteiger partial charge in [-0.25, -0.2) is 0 Å². The fraction of sp³-hybridized carbons (Fsp3) is 0.900. The predicted molar refractivity (Wildman–Crippen MR) is 59.9 cm³/mol. The van der Waals surface area contributed by atoms with Crippen molar-refractivity contribution in [2.75, 3.05) is 33.3 Å². The minimum absolute atomic E-state index is 0.250. The van der Waals surface area contributed by atoms with Crippen molar-refractivity contribution in [3.05, 3.63) is 0 Å². The van der Waals surface area contributed by atoms with Gasteiger partial charge in [-0.05, 0) is 19.4 Å². The summed E-state index contributed by atoms with van der Waals surface area (Å²) in [6.07, 6.45) is 2.85. The SMILES string of the molecule is CN=C(N)NCC1CN2CCCC2CO1. The monoisotopic (exact) mass is 212 g/mol. The van der Waals surface area contributed by atoms with Gasteiger partial charge >= 0.3 is 0 Å². The number of hydrogen-bond acceptors (Lipinski definition) is 3. The topological polar surface area (TPSA) is 62.9 Å². The van der Waals surface area contributed by atoms with Gasteiger partial charge in [0, 0.05) is 26.2 Å². The molecule has 0 aromatic rings. The Kier molecular flexibility index (Phi) is 3.43. The number of guanidine groups is 1. The van der Waals surface area contributed by atoms with Crippen LogP contribution in [0.3, 0.4) is 0 Å². The Balaban J connectivity index is 1.75. The van der Waals surface area contributed by atoms with Gasteiger partial charge in [-0.15, -0.1) is 0 Å². The number of hydrogen-bond donors (Lipinski definition) is 2. The Hall–Kier alpha value is -0.810. The zero-order valence-corrected chi connectivity index (χ0v) is 9.28. The van der Waals surface area contributed by atoms with Gasteiger partial charge in [-0.1, -0.05) is 0 Å². The molecule has 0 amide bonds. The summed E-state index contributed by atoms with van der Waals surface area (Å²) >= 11 is 0. The van der Waals surface area contributed by atoms with Crippen LogP contribution in [-0.4, -0.2) is 56.3 Å². The molecular weight excluding hydrogens is 192 g/mol. The van der Waals surface area contributed by atoms with Crippen LogP contribution in [0.4, 0.5) is 0 Å². The molecule has 2 rings (SSSR count). The highest BCUT2D eigenvalue weighted by Gasteiger charge is 2.31. The molecule has 2 fully saturated rings. The van der Waals surface area contributed by atoms with Crippen molar-refractivity contribution < 1.29 is 4.74 Å². The molecule has 15 heavy (non-hydrogen) atoms. The molecule has 0 aromatic carbocycles. The summed E-state index contributed by atoms with van der Waals surface area (Å²) in [5, 5.41) is 3.06. The van der Waals surface area contributed by atoms with Crippen LogP contribution in [0, 0.1) is 0 Å². The number of nitrogens with two attached hydrogens (primary N) is 1. The van der Waals surface area contributed by atoms with E-state index in [4.69, 9.17) is 10.5 Å². The van der Waals surface area contributed by atoms with Gasteiger partial charge in [0.15, 0.2) is 5.96 Å². The molecule has 0 bridgehead atoms. The zero-order valence-electron chi connectivity index (χ0n) is 9.28. The lowest BCUT2D eigenvalue weighted by molar-refractivity contribution is -0.0452. The maximum atomic E-state index is 5.77. The molecule has 0 spiro atoms. The smallest absolute Gasteiger partial charge is 0.188 e. The Morgan fingerprint density at radius 2 is 2.53 bits per heavy atom. The number of nitrogens with zero attached hydrogens (tertiary/aromatic N) is 2. The van der Waals surface area contributed by atoms with E-state index in [0.717, 1.165) is 19.7 Å². The Morgan fingerprint density at radius 3 is 3.33 bits per heavy atom. The van der Waals surface area contributed by atoms with Crippen LogP contribution in [0.25, 0.3) is 0 Å². The van der Waals surface area contributed by atoms with Crippen LogP contribution >= 0.6 is 0 Å². The van der Waals surface area contributed by atoms with Gasteiger partial charge in [-0.3, -0.25) is 9.89 Å². The first-order chi connectivity index (χ1) is 7.29. The average molecular weight is 212 g/mol. The van der Waals surface area contributed by atoms with Crippen molar-refractivity contribution in [3.8, 4) is 0 Å². The van der Waals surface area contributed by atoms with Crippen LogP contribution in [0.1, 0.15) is 12.8 Å². The first-order valence-corrected chi connectivity index (χ1v) is 5.61. The Bertz CT molecular complexity index is 244. The number of nitrogens with one attached hydrogen (secondary N) is 1. The molecule has 2 aliphatic heterocycles. The van der Waals surface area contributed by atoms with Gasteiger partial charge in [0.05, 0.1) is 12.7 Å². The minimum atomic E-state index is 0.250.